The van der Waals surface area contributed by atoms with E-state index in [9.17, 15) is 13.2 Å². The number of nitrogens with one attached hydrogen (secondary N) is 2. The summed E-state index contributed by atoms with van der Waals surface area (Å²) in [5, 5.41) is 2.89. The number of aromatic amines is 1. The second-order valence-corrected chi connectivity index (χ2v) is 9.19. The fourth-order valence-corrected chi connectivity index (χ4v) is 5.64. The molecule has 1 aromatic carbocycles. The molecule has 0 bridgehead atoms. The van der Waals surface area contributed by atoms with Crippen LogP contribution in [-0.4, -0.2) is 36.7 Å². The highest BCUT2D eigenvalue weighted by Gasteiger charge is 2.32. The largest absolute Gasteiger partial charge is 0.353 e. The van der Waals surface area contributed by atoms with Crippen molar-refractivity contribution in [1.29, 1.82) is 0 Å². The third-order valence-electron chi connectivity index (χ3n) is 5.14. The van der Waals surface area contributed by atoms with Crippen molar-refractivity contribution in [3.8, 4) is 0 Å². The van der Waals surface area contributed by atoms with E-state index in [4.69, 9.17) is 0 Å². The molecule has 0 atom stereocenters. The minimum absolute atomic E-state index is 0.232. The molecule has 0 aliphatic carbocycles. The number of H-pyrrole nitrogens is 1. The Bertz CT molecular complexity index is 971. The van der Waals surface area contributed by atoms with Gasteiger partial charge in [-0.25, -0.2) is 8.42 Å². The number of piperidine rings is 1. The smallest absolute Gasteiger partial charge is 0.272 e. The van der Waals surface area contributed by atoms with E-state index in [-0.39, 0.29) is 10.8 Å². The lowest BCUT2D eigenvalue weighted by molar-refractivity contribution is 0.102. The minimum Gasteiger partial charge on any atom is -0.353 e. The molecule has 146 valence electrons. The van der Waals surface area contributed by atoms with E-state index in [0.29, 0.717) is 30.0 Å². The highest BCUT2D eigenvalue weighted by molar-refractivity contribution is 7.89. The lowest BCUT2D eigenvalue weighted by atomic mass is 10.1. The Hall–Kier alpha value is -2.12. The molecule has 7 heteroatoms. The number of rotatable bonds is 4. The van der Waals surface area contributed by atoms with Crippen LogP contribution in [0.25, 0.3) is 0 Å². The topological polar surface area (TPSA) is 82.3 Å². The third-order valence-corrected chi connectivity index (χ3v) is 7.31. The predicted octanol–water partition coefficient (Wildman–Crippen LogP) is 3.68. The molecule has 2 aromatic rings. The van der Waals surface area contributed by atoms with Gasteiger partial charge in [-0.3, -0.25) is 4.79 Å². The highest BCUT2D eigenvalue weighted by atomic mass is 32.2. The zero-order chi connectivity index (χ0) is 19.8. The van der Waals surface area contributed by atoms with E-state index >= 15 is 0 Å². The first-order chi connectivity index (χ1) is 12.7. The lowest BCUT2D eigenvalue weighted by Gasteiger charge is -2.26. The Balaban J connectivity index is 1.92. The van der Waals surface area contributed by atoms with Gasteiger partial charge in [0, 0.05) is 24.5 Å². The van der Waals surface area contributed by atoms with Crippen molar-refractivity contribution in [3.05, 3.63) is 46.3 Å². The summed E-state index contributed by atoms with van der Waals surface area (Å²) >= 11 is 0. The molecule has 1 fully saturated rings. The average Bonchev–Trinajstić information content (AvgIpc) is 2.93. The quantitative estimate of drug-likeness (QED) is 0.837. The van der Waals surface area contributed by atoms with Crippen LogP contribution < -0.4 is 5.32 Å². The van der Waals surface area contributed by atoms with E-state index in [0.717, 1.165) is 36.1 Å². The molecular weight excluding hydrogens is 362 g/mol. The van der Waals surface area contributed by atoms with E-state index in [1.807, 2.05) is 32.0 Å². The zero-order valence-electron chi connectivity index (χ0n) is 16.3. The summed E-state index contributed by atoms with van der Waals surface area (Å²) in [7, 11) is -3.60. The normalized spacial score (nSPS) is 15.7. The number of nitrogens with zero attached hydrogens (tertiary/aromatic N) is 1. The van der Waals surface area contributed by atoms with E-state index < -0.39 is 10.0 Å². The number of aromatic nitrogens is 1. The van der Waals surface area contributed by atoms with Crippen LogP contribution in [0, 0.1) is 27.7 Å². The fraction of sp³-hybridized carbons (Fsp3) is 0.450. The predicted molar refractivity (Wildman–Crippen MR) is 107 cm³/mol. The third kappa shape index (κ3) is 3.80. The summed E-state index contributed by atoms with van der Waals surface area (Å²) in [6.07, 6.45) is 2.81. The zero-order valence-corrected chi connectivity index (χ0v) is 17.2. The number of benzene rings is 1. The molecule has 6 nitrogen and oxygen atoms in total. The molecule has 2 N–H and O–H groups in total. The van der Waals surface area contributed by atoms with Crippen LogP contribution in [0.15, 0.2) is 23.1 Å². The number of hydrogen-bond donors (Lipinski definition) is 2. The van der Waals surface area contributed by atoms with Gasteiger partial charge in [-0.2, -0.15) is 4.31 Å². The lowest BCUT2D eigenvalue weighted by Crippen LogP contribution is -2.36. The van der Waals surface area contributed by atoms with Gasteiger partial charge in [0.2, 0.25) is 10.0 Å². The first kappa shape index (κ1) is 19.6. The molecule has 1 amide bonds. The number of carbonyl (C=O) groups is 1. The van der Waals surface area contributed by atoms with Crippen LogP contribution in [0.5, 0.6) is 0 Å². The minimum atomic E-state index is -3.60. The van der Waals surface area contributed by atoms with Gasteiger partial charge in [0.15, 0.2) is 0 Å². The van der Waals surface area contributed by atoms with Crippen molar-refractivity contribution in [1.82, 2.24) is 9.29 Å². The summed E-state index contributed by atoms with van der Waals surface area (Å²) in [4.78, 5) is 16.0. The van der Waals surface area contributed by atoms with Gasteiger partial charge >= 0.3 is 0 Å². The molecular formula is C20H27N3O3S. The summed E-state index contributed by atoms with van der Waals surface area (Å²) < 4.78 is 27.7. The number of aryl methyl sites for hydroxylation is 3. The molecule has 1 aliphatic heterocycles. The highest BCUT2D eigenvalue weighted by Crippen LogP contribution is 2.29. The van der Waals surface area contributed by atoms with Crippen molar-refractivity contribution in [2.24, 2.45) is 0 Å². The van der Waals surface area contributed by atoms with Crippen LogP contribution in [0.3, 0.4) is 0 Å². The van der Waals surface area contributed by atoms with Crippen molar-refractivity contribution < 1.29 is 13.2 Å². The number of amides is 1. The standard InChI is InChI=1S/C20H27N3O3S/c1-13-8-9-17(14(2)12-13)22-20(24)18-15(3)19(16(4)21-18)27(25,26)23-10-6-5-7-11-23/h8-9,12,21H,5-7,10-11H2,1-4H3,(H,22,24). The van der Waals surface area contributed by atoms with Gasteiger partial charge in [0.1, 0.15) is 10.6 Å². The van der Waals surface area contributed by atoms with Crippen LogP contribution in [0.1, 0.15) is 52.1 Å². The molecule has 1 aromatic heterocycles. The Morgan fingerprint density at radius 1 is 1.07 bits per heavy atom. The van der Waals surface area contributed by atoms with Gasteiger partial charge in [-0.05, 0) is 57.7 Å². The number of sulfonamides is 1. The first-order valence-electron chi connectivity index (χ1n) is 9.29. The Morgan fingerprint density at radius 2 is 1.74 bits per heavy atom. The van der Waals surface area contributed by atoms with Gasteiger partial charge in [0.05, 0.1) is 0 Å². The monoisotopic (exact) mass is 389 g/mol. The van der Waals surface area contributed by atoms with Crippen LogP contribution in [0.2, 0.25) is 0 Å². The van der Waals surface area contributed by atoms with Crippen molar-refractivity contribution >= 4 is 21.6 Å². The van der Waals surface area contributed by atoms with E-state index in [1.54, 1.807) is 13.8 Å². The molecule has 3 rings (SSSR count). The number of carbonyl (C=O) groups excluding carboxylic acids is 1. The molecule has 0 spiro atoms. The maximum absolute atomic E-state index is 13.1. The van der Waals surface area contributed by atoms with Gasteiger partial charge in [0.25, 0.3) is 5.91 Å². The number of anilines is 1. The summed E-state index contributed by atoms with van der Waals surface area (Å²) in [5.74, 6) is -0.331. The van der Waals surface area contributed by atoms with Crippen LogP contribution in [0.4, 0.5) is 5.69 Å². The van der Waals surface area contributed by atoms with Crippen LogP contribution >= 0.6 is 0 Å². The SMILES string of the molecule is Cc1ccc(NC(=O)c2[nH]c(C)c(S(=O)(=O)N3CCCCC3)c2C)c(C)c1. The summed E-state index contributed by atoms with van der Waals surface area (Å²) in [6, 6.07) is 5.79. The molecule has 0 radical (unpaired) electrons. The van der Waals surface area contributed by atoms with Crippen molar-refractivity contribution in [2.45, 2.75) is 51.9 Å². The molecule has 2 heterocycles. The Kier molecular flexibility index (Phi) is 5.44. The molecule has 1 saturated heterocycles. The molecule has 0 saturated carbocycles. The average molecular weight is 390 g/mol. The van der Waals surface area contributed by atoms with Gasteiger partial charge < -0.3 is 10.3 Å². The Labute approximate surface area is 161 Å². The maximum atomic E-state index is 13.1. The second-order valence-electron chi connectivity index (χ2n) is 7.32. The maximum Gasteiger partial charge on any atom is 0.272 e. The molecule has 0 unspecified atom stereocenters. The summed E-state index contributed by atoms with van der Waals surface area (Å²) in [5.41, 5.74) is 4.07. The second kappa shape index (κ2) is 7.48. The fourth-order valence-electron chi connectivity index (χ4n) is 3.72. The van der Waals surface area contributed by atoms with E-state index in [2.05, 4.69) is 10.3 Å². The molecule has 1 aliphatic rings. The number of hydrogen-bond acceptors (Lipinski definition) is 3. The summed E-state index contributed by atoms with van der Waals surface area (Å²) in [6.45, 7) is 8.40. The first-order valence-corrected chi connectivity index (χ1v) is 10.7. The van der Waals surface area contributed by atoms with E-state index in [1.165, 1.54) is 4.31 Å². The van der Waals surface area contributed by atoms with Crippen LogP contribution in [-0.2, 0) is 10.0 Å². The van der Waals surface area contributed by atoms with Crippen molar-refractivity contribution in [3.63, 3.8) is 0 Å². The van der Waals surface area contributed by atoms with Gasteiger partial charge in [-0.15, -0.1) is 0 Å². The Morgan fingerprint density at radius 3 is 2.37 bits per heavy atom. The van der Waals surface area contributed by atoms with Crippen molar-refractivity contribution in [2.75, 3.05) is 18.4 Å². The molecule has 27 heavy (non-hydrogen) atoms. The van der Waals surface area contributed by atoms with Gasteiger partial charge in [-0.1, -0.05) is 24.1 Å².